The van der Waals surface area contributed by atoms with E-state index in [1.807, 2.05) is 37.3 Å². The van der Waals surface area contributed by atoms with Gasteiger partial charge in [-0.3, -0.25) is 4.98 Å². The predicted octanol–water partition coefficient (Wildman–Crippen LogP) is 3.92. The van der Waals surface area contributed by atoms with Crippen molar-refractivity contribution in [2.75, 3.05) is 0 Å². The van der Waals surface area contributed by atoms with Crippen molar-refractivity contribution in [3.05, 3.63) is 60.3 Å². The number of aromatic nitrogens is 1. The van der Waals surface area contributed by atoms with Crippen molar-refractivity contribution in [2.24, 2.45) is 0 Å². The number of phenols is 1. The highest BCUT2D eigenvalue weighted by atomic mass is 16.3. The number of phenolic OH excluding ortho intramolecular Hbond substituents is 1. The van der Waals surface area contributed by atoms with Gasteiger partial charge in [-0.1, -0.05) is 24.3 Å². The van der Waals surface area contributed by atoms with Gasteiger partial charge in [-0.15, -0.1) is 0 Å². The maximum Gasteiger partial charge on any atom is 0.116 e. The first-order valence-corrected chi connectivity index (χ1v) is 5.89. The maximum atomic E-state index is 9.51. The van der Waals surface area contributed by atoms with E-state index in [4.69, 9.17) is 0 Å². The summed E-state index contributed by atoms with van der Waals surface area (Å²) in [7, 11) is 0. The molecular weight excluding hydrogens is 222 g/mol. The van der Waals surface area contributed by atoms with E-state index < -0.39 is 0 Å². The minimum absolute atomic E-state index is 0.287. The molecule has 18 heavy (non-hydrogen) atoms. The minimum Gasteiger partial charge on any atom is -0.508 e. The number of benzene rings is 2. The maximum absolute atomic E-state index is 9.51. The zero-order chi connectivity index (χ0) is 12.5. The first-order chi connectivity index (χ1) is 8.72. The number of aryl methyl sites for hydroxylation is 1. The first-order valence-electron chi connectivity index (χ1n) is 5.89. The molecule has 0 bridgehead atoms. The third-order valence-electron chi connectivity index (χ3n) is 3.01. The van der Waals surface area contributed by atoms with E-state index in [1.54, 1.807) is 12.1 Å². The van der Waals surface area contributed by atoms with Gasteiger partial charge in [-0.25, -0.2) is 0 Å². The number of hydrogen-bond donors (Lipinski definition) is 1. The summed E-state index contributed by atoms with van der Waals surface area (Å²) >= 11 is 0. The number of rotatable bonds is 1. The topological polar surface area (TPSA) is 33.1 Å². The highest BCUT2D eigenvalue weighted by Crippen LogP contribution is 2.26. The molecule has 3 aromatic rings. The van der Waals surface area contributed by atoms with Crippen LogP contribution in [0.4, 0.5) is 0 Å². The van der Waals surface area contributed by atoms with Crippen LogP contribution in [0.15, 0.2) is 54.6 Å². The second-order valence-corrected chi connectivity index (χ2v) is 4.41. The van der Waals surface area contributed by atoms with Crippen molar-refractivity contribution in [3.8, 4) is 16.9 Å². The van der Waals surface area contributed by atoms with Gasteiger partial charge in [-0.2, -0.15) is 0 Å². The Labute approximate surface area is 106 Å². The largest absolute Gasteiger partial charge is 0.508 e. The Hall–Kier alpha value is -2.35. The minimum atomic E-state index is 0.287. The van der Waals surface area contributed by atoms with Gasteiger partial charge < -0.3 is 5.11 Å². The summed E-state index contributed by atoms with van der Waals surface area (Å²) in [5.41, 5.74) is 4.12. The highest BCUT2D eigenvalue weighted by Gasteiger charge is 2.01. The fraction of sp³-hybridized carbons (Fsp3) is 0.0625. The SMILES string of the molecule is Cc1ccc2cc(-c3cccc(O)c3)ccc2n1. The molecule has 0 saturated carbocycles. The van der Waals surface area contributed by atoms with Gasteiger partial charge in [0, 0.05) is 11.1 Å². The molecule has 2 aromatic carbocycles. The Balaban J connectivity index is 2.16. The lowest BCUT2D eigenvalue weighted by Gasteiger charge is -2.05. The average Bonchev–Trinajstić information content (AvgIpc) is 2.38. The van der Waals surface area contributed by atoms with Crippen molar-refractivity contribution >= 4 is 10.9 Å². The molecule has 3 rings (SSSR count). The molecule has 0 aliphatic rings. The van der Waals surface area contributed by atoms with Crippen LogP contribution in [0.1, 0.15) is 5.69 Å². The molecule has 2 heteroatoms. The van der Waals surface area contributed by atoms with E-state index in [2.05, 4.69) is 17.1 Å². The van der Waals surface area contributed by atoms with Crippen molar-refractivity contribution in [2.45, 2.75) is 6.92 Å². The molecule has 88 valence electrons. The zero-order valence-electron chi connectivity index (χ0n) is 10.1. The molecule has 1 N–H and O–H groups in total. The molecule has 0 aliphatic heterocycles. The van der Waals surface area contributed by atoms with E-state index in [-0.39, 0.29) is 5.75 Å². The second-order valence-electron chi connectivity index (χ2n) is 4.41. The van der Waals surface area contributed by atoms with E-state index in [9.17, 15) is 5.11 Å². The lowest BCUT2D eigenvalue weighted by atomic mass is 10.0. The smallest absolute Gasteiger partial charge is 0.116 e. The van der Waals surface area contributed by atoms with E-state index >= 15 is 0 Å². The first kappa shape index (κ1) is 10.8. The summed E-state index contributed by atoms with van der Waals surface area (Å²) in [6.07, 6.45) is 0. The normalized spacial score (nSPS) is 10.7. The molecule has 1 aromatic heterocycles. The molecule has 0 unspecified atom stereocenters. The van der Waals surface area contributed by atoms with E-state index in [0.29, 0.717) is 0 Å². The lowest BCUT2D eigenvalue weighted by Crippen LogP contribution is -1.84. The molecule has 0 amide bonds. The Morgan fingerprint density at radius 3 is 2.56 bits per heavy atom. The third kappa shape index (κ3) is 1.93. The third-order valence-corrected chi connectivity index (χ3v) is 3.01. The van der Waals surface area contributed by atoms with Gasteiger partial charge in [0.2, 0.25) is 0 Å². The molecular formula is C16H13NO. The van der Waals surface area contributed by atoms with Crippen LogP contribution in [-0.2, 0) is 0 Å². The number of nitrogens with zero attached hydrogens (tertiary/aromatic N) is 1. The van der Waals surface area contributed by atoms with Gasteiger partial charge >= 0.3 is 0 Å². The molecule has 2 nitrogen and oxygen atoms in total. The van der Waals surface area contributed by atoms with Crippen LogP contribution in [0.5, 0.6) is 5.75 Å². The van der Waals surface area contributed by atoms with Crippen LogP contribution in [0.25, 0.3) is 22.0 Å². The van der Waals surface area contributed by atoms with Crippen molar-refractivity contribution in [1.82, 2.24) is 4.98 Å². The van der Waals surface area contributed by atoms with E-state index in [1.165, 1.54) is 0 Å². The van der Waals surface area contributed by atoms with Crippen LogP contribution in [-0.4, -0.2) is 10.1 Å². The summed E-state index contributed by atoms with van der Waals surface area (Å²) in [6.45, 7) is 1.99. The summed E-state index contributed by atoms with van der Waals surface area (Å²) in [6, 6.07) is 17.5. The molecule has 0 radical (unpaired) electrons. The van der Waals surface area contributed by atoms with Gasteiger partial charge in [0.05, 0.1) is 5.52 Å². The summed E-state index contributed by atoms with van der Waals surface area (Å²) < 4.78 is 0. The Kier molecular flexibility index (Phi) is 2.49. The monoisotopic (exact) mass is 235 g/mol. The Bertz CT molecular complexity index is 719. The fourth-order valence-electron chi connectivity index (χ4n) is 2.09. The Morgan fingerprint density at radius 2 is 1.72 bits per heavy atom. The second kappa shape index (κ2) is 4.15. The molecule has 0 atom stereocenters. The van der Waals surface area contributed by atoms with Crippen molar-refractivity contribution in [3.63, 3.8) is 0 Å². The quantitative estimate of drug-likeness (QED) is 0.693. The summed E-state index contributed by atoms with van der Waals surface area (Å²) in [4.78, 5) is 4.48. The van der Waals surface area contributed by atoms with Crippen LogP contribution in [0, 0.1) is 6.92 Å². The summed E-state index contributed by atoms with van der Waals surface area (Å²) in [5.74, 6) is 0.287. The standard InChI is InChI=1S/C16H13NO/c1-11-5-6-14-9-13(7-8-16(14)17-11)12-3-2-4-15(18)10-12/h2-10,18H,1H3. The highest BCUT2D eigenvalue weighted by molar-refractivity contribution is 5.84. The number of hydrogen-bond acceptors (Lipinski definition) is 2. The fourth-order valence-corrected chi connectivity index (χ4v) is 2.09. The number of fused-ring (bicyclic) bond motifs is 1. The molecule has 0 aliphatic carbocycles. The van der Waals surface area contributed by atoms with Crippen LogP contribution < -0.4 is 0 Å². The van der Waals surface area contributed by atoms with Crippen LogP contribution in [0.2, 0.25) is 0 Å². The summed E-state index contributed by atoms with van der Waals surface area (Å²) in [5, 5.41) is 10.6. The average molecular weight is 235 g/mol. The number of aromatic hydroxyl groups is 1. The van der Waals surface area contributed by atoms with Gasteiger partial charge in [0.15, 0.2) is 0 Å². The van der Waals surface area contributed by atoms with Crippen LogP contribution in [0.3, 0.4) is 0 Å². The van der Waals surface area contributed by atoms with Crippen molar-refractivity contribution in [1.29, 1.82) is 0 Å². The molecule has 0 fully saturated rings. The van der Waals surface area contributed by atoms with Crippen molar-refractivity contribution < 1.29 is 5.11 Å². The van der Waals surface area contributed by atoms with Gasteiger partial charge in [-0.05, 0) is 48.4 Å². The zero-order valence-corrected chi connectivity index (χ0v) is 10.1. The predicted molar refractivity (Wildman–Crippen MR) is 73.6 cm³/mol. The van der Waals surface area contributed by atoms with Gasteiger partial charge in [0.1, 0.15) is 5.75 Å². The molecule has 1 heterocycles. The lowest BCUT2D eigenvalue weighted by molar-refractivity contribution is 0.475. The Morgan fingerprint density at radius 1 is 0.889 bits per heavy atom. The van der Waals surface area contributed by atoms with E-state index in [0.717, 1.165) is 27.7 Å². The van der Waals surface area contributed by atoms with Crippen LogP contribution >= 0.6 is 0 Å². The number of pyridine rings is 1. The molecule has 0 spiro atoms. The molecule has 0 saturated heterocycles. The van der Waals surface area contributed by atoms with Gasteiger partial charge in [0.25, 0.3) is 0 Å².